The van der Waals surface area contributed by atoms with E-state index in [0.717, 1.165) is 0 Å². The fraction of sp³-hybridized carbons (Fsp3) is 1.00. The van der Waals surface area contributed by atoms with E-state index in [1.54, 1.807) is 0 Å². The van der Waals surface area contributed by atoms with Crippen LogP contribution in [-0.2, 0) is 18.2 Å². The zero-order chi connectivity index (χ0) is 8.85. The molecule has 0 aliphatic carbocycles. The van der Waals surface area contributed by atoms with Gasteiger partial charge in [0.2, 0.25) is 0 Å². The van der Waals surface area contributed by atoms with E-state index in [0.29, 0.717) is 0 Å². The molecule has 0 spiro atoms. The van der Waals surface area contributed by atoms with Crippen molar-refractivity contribution in [3.8, 4) is 0 Å². The molecule has 0 rings (SSSR count). The monoisotopic (exact) mass is 242 g/mol. The van der Waals surface area contributed by atoms with Crippen LogP contribution in [0, 0.1) is 0 Å². The van der Waals surface area contributed by atoms with Crippen molar-refractivity contribution in [1.29, 1.82) is 0 Å². The smallest absolute Gasteiger partial charge is 0.566 e. The summed E-state index contributed by atoms with van der Waals surface area (Å²) in [6, 6.07) is 0. The first-order valence-electron chi connectivity index (χ1n) is 2.29. The standard InChI is InChI=1S/C2H4O7P2.Ca/c3-1-2(8-10(4)5)9-11(6)7;/h2-3H,1H2;/q;+2. The van der Waals surface area contributed by atoms with Crippen molar-refractivity contribution in [2.24, 2.45) is 0 Å². The molecule has 0 saturated carbocycles. The molecule has 7 nitrogen and oxygen atoms in total. The van der Waals surface area contributed by atoms with Crippen molar-refractivity contribution in [1.82, 2.24) is 0 Å². The van der Waals surface area contributed by atoms with Crippen LogP contribution in [0.25, 0.3) is 0 Å². The SMILES string of the molecule is O=[P+]([O-])OC(CO)O[P+](=O)[O-].[Ca+2]. The van der Waals surface area contributed by atoms with Gasteiger partial charge in [0.05, 0.1) is 0 Å². The molecular formula is C2H4CaO7P2+2. The molecule has 0 aliphatic heterocycles. The minimum atomic E-state index is -3.23. The molecule has 0 saturated heterocycles. The first kappa shape index (κ1) is 15.7. The minimum Gasteiger partial charge on any atom is -0.566 e. The largest absolute Gasteiger partial charge is 2.00 e. The van der Waals surface area contributed by atoms with Gasteiger partial charge in [0, 0.05) is 0 Å². The van der Waals surface area contributed by atoms with Crippen LogP contribution in [0.1, 0.15) is 0 Å². The van der Waals surface area contributed by atoms with Crippen LogP contribution in [0.15, 0.2) is 0 Å². The van der Waals surface area contributed by atoms with Gasteiger partial charge in [-0.05, 0) is 9.13 Å². The summed E-state index contributed by atoms with van der Waals surface area (Å²) in [5.41, 5.74) is 0. The van der Waals surface area contributed by atoms with Gasteiger partial charge in [0.1, 0.15) is 6.61 Å². The first-order valence-corrected chi connectivity index (χ1v) is 4.48. The Labute approximate surface area is 99.6 Å². The number of aliphatic hydroxyl groups is 1. The van der Waals surface area contributed by atoms with E-state index < -0.39 is 29.4 Å². The molecule has 2 atom stereocenters. The van der Waals surface area contributed by atoms with E-state index in [1.165, 1.54) is 0 Å². The predicted molar refractivity (Wildman–Crippen MR) is 34.0 cm³/mol. The Balaban J connectivity index is 0. The van der Waals surface area contributed by atoms with Gasteiger partial charge in [-0.3, -0.25) is 0 Å². The van der Waals surface area contributed by atoms with Crippen molar-refractivity contribution in [2.75, 3.05) is 6.61 Å². The second-order valence-electron chi connectivity index (χ2n) is 1.27. The molecule has 2 unspecified atom stereocenters. The molecule has 0 aromatic heterocycles. The van der Waals surface area contributed by atoms with Gasteiger partial charge >= 0.3 is 54.2 Å². The Morgan fingerprint density at radius 2 is 1.58 bits per heavy atom. The molecule has 0 aromatic rings. The van der Waals surface area contributed by atoms with Gasteiger partial charge < -0.3 is 14.9 Å². The molecule has 0 heterocycles. The van der Waals surface area contributed by atoms with Crippen LogP contribution in [0.3, 0.4) is 0 Å². The van der Waals surface area contributed by atoms with E-state index in [2.05, 4.69) is 9.05 Å². The number of aliphatic hydroxyl groups excluding tert-OH is 1. The molecule has 0 amide bonds. The maximum absolute atomic E-state index is 9.78. The summed E-state index contributed by atoms with van der Waals surface area (Å²) in [4.78, 5) is 19.6. The quantitative estimate of drug-likeness (QED) is 0.336. The average Bonchev–Trinajstić information content (AvgIpc) is 1.84. The van der Waals surface area contributed by atoms with Crippen molar-refractivity contribution < 1.29 is 33.1 Å². The Hall–Kier alpha value is 1.26. The topological polar surface area (TPSA) is 119 Å². The molecule has 12 heavy (non-hydrogen) atoms. The van der Waals surface area contributed by atoms with Crippen molar-refractivity contribution >= 4 is 54.2 Å². The van der Waals surface area contributed by atoms with Crippen LogP contribution in [0.5, 0.6) is 0 Å². The number of hydrogen-bond acceptors (Lipinski definition) is 7. The zero-order valence-corrected chi connectivity index (χ0v) is 9.78. The van der Waals surface area contributed by atoms with E-state index in [9.17, 15) is 18.9 Å². The minimum absolute atomic E-state index is 0. The third-order valence-electron chi connectivity index (χ3n) is 0.556. The first-order chi connectivity index (χ1) is 5.06. The molecule has 0 bridgehead atoms. The normalized spacial score (nSPS) is 14.6. The van der Waals surface area contributed by atoms with Gasteiger partial charge in [-0.2, -0.15) is 0 Å². The third-order valence-corrected chi connectivity index (χ3v) is 1.37. The maximum atomic E-state index is 9.78. The Morgan fingerprint density at radius 1 is 1.25 bits per heavy atom. The summed E-state index contributed by atoms with van der Waals surface area (Å²) in [7, 11) is -6.46. The predicted octanol–water partition coefficient (Wildman–Crippen LogP) is -2.01. The summed E-state index contributed by atoms with van der Waals surface area (Å²) < 4.78 is 27.2. The second-order valence-corrected chi connectivity index (χ2v) is 2.59. The summed E-state index contributed by atoms with van der Waals surface area (Å²) in [6.07, 6.45) is -1.67. The van der Waals surface area contributed by atoms with Crippen LogP contribution in [0.4, 0.5) is 0 Å². The third kappa shape index (κ3) is 9.35. The van der Waals surface area contributed by atoms with Gasteiger partial charge in [0.25, 0.3) is 6.29 Å². The Bertz CT molecular complexity index is 145. The van der Waals surface area contributed by atoms with E-state index in [1.807, 2.05) is 0 Å². The summed E-state index contributed by atoms with van der Waals surface area (Å²) in [5, 5.41) is 8.24. The average molecular weight is 242 g/mol. The molecule has 0 aromatic carbocycles. The molecule has 1 N–H and O–H groups in total. The van der Waals surface area contributed by atoms with Crippen LogP contribution in [-0.4, -0.2) is 55.7 Å². The van der Waals surface area contributed by atoms with Crippen LogP contribution in [0.2, 0.25) is 0 Å². The Kier molecular flexibility index (Phi) is 11.6. The molecule has 10 heteroatoms. The van der Waals surface area contributed by atoms with Crippen molar-refractivity contribution in [2.45, 2.75) is 6.29 Å². The Morgan fingerprint density at radius 3 is 1.75 bits per heavy atom. The second kappa shape index (κ2) is 8.84. The van der Waals surface area contributed by atoms with E-state index >= 15 is 0 Å². The van der Waals surface area contributed by atoms with E-state index in [4.69, 9.17) is 5.11 Å². The van der Waals surface area contributed by atoms with Crippen LogP contribution < -0.4 is 9.79 Å². The number of rotatable bonds is 5. The maximum Gasteiger partial charge on any atom is 2.00 e. The fourth-order valence-electron chi connectivity index (χ4n) is 0.278. The summed E-state index contributed by atoms with van der Waals surface area (Å²) in [6.45, 7) is -0.855. The number of hydrogen-bond donors (Lipinski definition) is 1. The van der Waals surface area contributed by atoms with Gasteiger partial charge in [-0.25, -0.2) is 0 Å². The van der Waals surface area contributed by atoms with Crippen LogP contribution >= 0.6 is 16.5 Å². The van der Waals surface area contributed by atoms with E-state index in [-0.39, 0.29) is 37.7 Å². The summed E-state index contributed by atoms with van der Waals surface area (Å²) >= 11 is 0. The molecule has 0 aliphatic rings. The molecular weight excluding hydrogens is 238 g/mol. The molecule has 0 radical (unpaired) electrons. The van der Waals surface area contributed by atoms with Crippen molar-refractivity contribution in [3.63, 3.8) is 0 Å². The molecule has 0 fully saturated rings. The van der Waals surface area contributed by atoms with Gasteiger partial charge in [-0.15, -0.1) is 9.05 Å². The summed E-state index contributed by atoms with van der Waals surface area (Å²) in [5.74, 6) is 0. The van der Waals surface area contributed by atoms with Gasteiger partial charge in [-0.1, -0.05) is 0 Å². The van der Waals surface area contributed by atoms with Crippen molar-refractivity contribution in [3.05, 3.63) is 0 Å². The fourth-order valence-corrected chi connectivity index (χ4v) is 0.949. The van der Waals surface area contributed by atoms with Gasteiger partial charge in [0.15, 0.2) is 0 Å². The molecule has 64 valence electrons. The zero-order valence-electron chi connectivity index (χ0n) is 5.78.